The number of likely N-dealkylation sites (tertiary alicyclic amines) is 1. The first-order valence-electron chi connectivity index (χ1n) is 7.36. The van der Waals surface area contributed by atoms with Crippen LogP contribution in [0.3, 0.4) is 0 Å². The number of carbonyl (C=O) groups excluding carboxylic acids is 1. The van der Waals surface area contributed by atoms with Crippen molar-refractivity contribution in [1.82, 2.24) is 4.90 Å². The average molecular weight is 344 g/mol. The number of hydrogen-bond acceptors (Lipinski definition) is 3. The summed E-state index contributed by atoms with van der Waals surface area (Å²) in [5.41, 5.74) is -1.19. The highest BCUT2D eigenvalue weighted by atomic mass is 35.5. The molecule has 1 aromatic rings. The Labute approximate surface area is 139 Å². The van der Waals surface area contributed by atoms with Crippen LogP contribution in [0.2, 0.25) is 5.02 Å². The molecule has 5 nitrogen and oxygen atoms in total. The maximum absolute atomic E-state index is 13.9. The maximum Gasteiger partial charge on any atom is 0.311 e. The number of piperidine rings is 1. The van der Waals surface area contributed by atoms with Crippen molar-refractivity contribution in [2.75, 3.05) is 26.8 Å². The highest BCUT2D eigenvalue weighted by Crippen LogP contribution is 2.35. The predicted molar refractivity (Wildman–Crippen MR) is 83.1 cm³/mol. The van der Waals surface area contributed by atoms with Crippen molar-refractivity contribution in [3.05, 3.63) is 34.6 Å². The molecule has 23 heavy (non-hydrogen) atoms. The third-order valence-corrected chi connectivity index (χ3v) is 4.50. The molecule has 1 aliphatic rings. The predicted octanol–water partition coefficient (Wildman–Crippen LogP) is 2.82. The lowest BCUT2D eigenvalue weighted by Crippen LogP contribution is -2.50. The van der Waals surface area contributed by atoms with E-state index in [0.29, 0.717) is 32.4 Å². The number of carboxylic acid groups (broad SMARTS) is 1. The molecule has 0 bridgehead atoms. The Kier molecular flexibility index (Phi) is 5.59. The van der Waals surface area contributed by atoms with Crippen molar-refractivity contribution in [3.63, 3.8) is 0 Å². The zero-order valence-corrected chi connectivity index (χ0v) is 13.6. The van der Waals surface area contributed by atoms with E-state index in [1.165, 1.54) is 24.1 Å². The summed E-state index contributed by atoms with van der Waals surface area (Å²) in [6.45, 7) is 0.725. The Bertz CT molecular complexity index is 610. The number of aliphatic carboxylic acids is 1. The lowest BCUT2D eigenvalue weighted by atomic mass is 9.77. The Balaban J connectivity index is 2.24. The minimum Gasteiger partial charge on any atom is -0.481 e. The molecular weight excluding hydrogens is 325 g/mol. The third-order valence-electron chi connectivity index (χ3n) is 4.26. The van der Waals surface area contributed by atoms with Crippen LogP contribution in [0.5, 0.6) is 0 Å². The van der Waals surface area contributed by atoms with E-state index in [9.17, 15) is 19.1 Å². The molecular formula is C16H19ClFNO4. The number of rotatable bonds is 5. The zero-order valence-electron chi connectivity index (χ0n) is 12.8. The summed E-state index contributed by atoms with van der Waals surface area (Å²) < 4.78 is 18.9. The van der Waals surface area contributed by atoms with Gasteiger partial charge >= 0.3 is 5.97 Å². The van der Waals surface area contributed by atoms with Crippen LogP contribution in [0.4, 0.5) is 4.39 Å². The minimum absolute atomic E-state index is 0.0382. The second-order valence-electron chi connectivity index (χ2n) is 5.78. The lowest BCUT2D eigenvalue weighted by molar-refractivity contribution is -0.153. The van der Waals surface area contributed by atoms with E-state index in [0.717, 1.165) is 6.07 Å². The van der Waals surface area contributed by atoms with Gasteiger partial charge in [-0.2, -0.15) is 0 Å². The number of ether oxygens (including phenoxy) is 1. The van der Waals surface area contributed by atoms with Gasteiger partial charge in [0.05, 0.1) is 11.0 Å². The minimum atomic E-state index is -1.06. The molecule has 1 heterocycles. The van der Waals surface area contributed by atoms with E-state index in [4.69, 9.17) is 16.3 Å². The van der Waals surface area contributed by atoms with Gasteiger partial charge in [0.2, 0.25) is 0 Å². The summed E-state index contributed by atoms with van der Waals surface area (Å²) in [6, 6.07) is 3.77. The first-order chi connectivity index (χ1) is 10.9. The van der Waals surface area contributed by atoms with Gasteiger partial charge in [0, 0.05) is 31.8 Å². The molecule has 1 unspecified atom stereocenters. The van der Waals surface area contributed by atoms with Crippen LogP contribution in [0.25, 0.3) is 0 Å². The van der Waals surface area contributed by atoms with Gasteiger partial charge in [-0.25, -0.2) is 4.39 Å². The van der Waals surface area contributed by atoms with Crippen molar-refractivity contribution in [3.8, 4) is 0 Å². The van der Waals surface area contributed by atoms with Gasteiger partial charge in [0.1, 0.15) is 5.82 Å². The van der Waals surface area contributed by atoms with Gasteiger partial charge in [-0.15, -0.1) is 0 Å². The van der Waals surface area contributed by atoms with Gasteiger partial charge in [0.15, 0.2) is 0 Å². The standard InChI is InChI=1S/C16H19ClFNO4/c1-23-8-6-16(15(21)22)5-2-7-19(10-16)14(20)12-9-11(17)3-4-13(12)18/h3-4,9H,2,5-8,10H2,1H3,(H,21,22). The third kappa shape index (κ3) is 3.82. The largest absolute Gasteiger partial charge is 0.481 e. The highest BCUT2D eigenvalue weighted by molar-refractivity contribution is 6.31. The van der Waals surface area contributed by atoms with Crippen LogP contribution in [-0.4, -0.2) is 48.7 Å². The summed E-state index contributed by atoms with van der Waals surface area (Å²) in [7, 11) is 1.50. The van der Waals surface area contributed by atoms with Crippen LogP contribution in [-0.2, 0) is 9.53 Å². The van der Waals surface area contributed by atoms with Crippen LogP contribution >= 0.6 is 11.6 Å². The van der Waals surface area contributed by atoms with E-state index in [1.807, 2.05) is 0 Å². The van der Waals surface area contributed by atoms with E-state index in [2.05, 4.69) is 0 Å². The Hall–Kier alpha value is -1.66. The molecule has 2 rings (SSSR count). The highest BCUT2D eigenvalue weighted by Gasteiger charge is 2.43. The van der Waals surface area contributed by atoms with Gasteiger partial charge in [-0.1, -0.05) is 11.6 Å². The molecule has 1 fully saturated rings. The molecule has 0 aliphatic carbocycles. The monoisotopic (exact) mass is 343 g/mol. The molecule has 1 N–H and O–H groups in total. The number of nitrogens with zero attached hydrogens (tertiary/aromatic N) is 1. The Morgan fingerprint density at radius 3 is 2.87 bits per heavy atom. The summed E-state index contributed by atoms with van der Waals surface area (Å²) in [5, 5.41) is 9.86. The summed E-state index contributed by atoms with van der Waals surface area (Å²) in [5.74, 6) is -2.16. The number of methoxy groups -OCH3 is 1. The quantitative estimate of drug-likeness (QED) is 0.892. The second-order valence-corrected chi connectivity index (χ2v) is 6.22. The van der Waals surface area contributed by atoms with Crippen LogP contribution in [0, 0.1) is 11.2 Å². The summed E-state index contributed by atoms with van der Waals surface area (Å²) in [4.78, 5) is 25.7. The zero-order chi connectivity index (χ0) is 17.0. The molecule has 0 spiro atoms. The first-order valence-corrected chi connectivity index (χ1v) is 7.74. The molecule has 0 aromatic heterocycles. The number of amides is 1. The fourth-order valence-corrected chi connectivity index (χ4v) is 3.09. The van der Waals surface area contributed by atoms with Crippen molar-refractivity contribution in [2.45, 2.75) is 19.3 Å². The molecule has 1 aromatic carbocycles. The normalized spacial score (nSPS) is 21.3. The molecule has 1 atom stereocenters. The SMILES string of the molecule is COCCC1(C(=O)O)CCCN(C(=O)c2cc(Cl)ccc2F)C1. The van der Waals surface area contributed by atoms with Crippen molar-refractivity contribution < 1.29 is 23.8 Å². The molecule has 1 amide bonds. The van der Waals surface area contributed by atoms with Crippen LogP contribution < -0.4 is 0 Å². The van der Waals surface area contributed by atoms with E-state index >= 15 is 0 Å². The second kappa shape index (κ2) is 7.27. The number of carbonyl (C=O) groups is 2. The van der Waals surface area contributed by atoms with Gasteiger partial charge in [-0.05, 0) is 37.5 Å². The molecule has 0 radical (unpaired) electrons. The van der Waals surface area contributed by atoms with Crippen molar-refractivity contribution >= 4 is 23.5 Å². The van der Waals surface area contributed by atoms with Gasteiger partial charge in [0.25, 0.3) is 5.91 Å². The number of carboxylic acids is 1. The van der Waals surface area contributed by atoms with Crippen molar-refractivity contribution in [1.29, 1.82) is 0 Å². The molecule has 1 saturated heterocycles. The summed E-state index contributed by atoms with van der Waals surface area (Å²) in [6.07, 6.45) is 1.32. The average Bonchev–Trinajstić information content (AvgIpc) is 2.54. The first kappa shape index (κ1) is 17.7. The van der Waals surface area contributed by atoms with Crippen LogP contribution in [0.15, 0.2) is 18.2 Å². The smallest absolute Gasteiger partial charge is 0.311 e. The topological polar surface area (TPSA) is 66.8 Å². The fraction of sp³-hybridized carbons (Fsp3) is 0.500. The van der Waals surface area contributed by atoms with Gasteiger partial charge < -0.3 is 14.7 Å². The molecule has 7 heteroatoms. The van der Waals surface area contributed by atoms with E-state index < -0.39 is 23.1 Å². The van der Waals surface area contributed by atoms with E-state index in [1.54, 1.807) is 0 Å². The number of hydrogen-bond donors (Lipinski definition) is 1. The van der Waals surface area contributed by atoms with E-state index in [-0.39, 0.29) is 17.1 Å². The Morgan fingerprint density at radius 2 is 2.22 bits per heavy atom. The van der Waals surface area contributed by atoms with Crippen molar-refractivity contribution in [2.24, 2.45) is 5.41 Å². The Morgan fingerprint density at radius 1 is 1.48 bits per heavy atom. The number of benzene rings is 1. The molecule has 1 aliphatic heterocycles. The van der Waals surface area contributed by atoms with Crippen LogP contribution in [0.1, 0.15) is 29.6 Å². The maximum atomic E-state index is 13.9. The lowest BCUT2D eigenvalue weighted by Gasteiger charge is -2.40. The fourth-order valence-electron chi connectivity index (χ4n) is 2.92. The molecule has 0 saturated carbocycles. The molecule has 126 valence electrons. The summed E-state index contributed by atoms with van der Waals surface area (Å²) >= 11 is 5.83. The number of halogens is 2. The van der Waals surface area contributed by atoms with Gasteiger partial charge in [-0.3, -0.25) is 9.59 Å².